The molecule has 3 aliphatic rings. The van der Waals surface area contributed by atoms with Crippen LogP contribution >= 0.6 is 0 Å². The van der Waals surface area contributed by atoms with Crippen molar-refractivity contribution in [3.8, 4) is 0 Å². The Balaban J connectivity index is 0.000000514. The van der Waals surface area contributed by atoms with Gasteiger partial charge in [-0.25, -0.2) is 0 Å². The van der Waals surface area contributed by atoms with Crippen molar-refractivity contribution in [2.24, 2.45) is 5.41 Å². The molecule has 0 unspecified atom stereocenters. The number of likely N-dealkylation sites (N-methyl/N-ethyl adjacent to an activating group) is 1. The van der Waals surface area contributed by atoms with Crippen molar-refractivity contribution >= 4 is 0 Å². The first-order chi connectivity index (χ1) is 8.17. The summed E-state index contributed by atoms with van der Waals surface area (Å²) in [5, 5.41) is 0. The highest BCUT2D eigenvalue weighted by Gasteiger charge is 2.52. The van der Waals surface area contributed by atoms with E-state index in [1.807, 2.05) is 13.8 Å². The maximum atomic E-state index is 2.73. The topological polar surface area (TPSA) is 9.72 Å². The molecule has 3 fully saturated rings. The van der Waals surface area contributed by atoms with Gasteiger partial charge in [0, 0.05) is 45.3 Å². The quantitative estimate of drug-likeness (QED) is 0.684. The predicted molar refractivity (Wildman–Crippen MR) is 73.4 cm³/mol. The molecular weight excluding hydrogens is 210 g/mol. The zero-order valence-corrected chi connectivity index (χ0v) is 12.1. The van der Waals surface area contributed by atoms with Crippen LogP contribution in [0.25, 0.3) is 0 Å². The summed E-state index contributed by atoms with van der Waals surface area (Å²) >= 11 is 0. The van der Waals surface area contributed by atoms with Gasteiger partial charge in [0.05, 0.1) is 0 Å². The van der Waals surface area contributed by atoms with Gasteiger partial charge >= 0.3 is 0 Å². The molecule has 2 aliphatic heterocycles. The number of hydrogen-bond donors (Lipinski definition) is 0. The minimum atomic E-state index is 0.753. The van der Waals surface area contributed by atoms with E-state index in [9.17, 15) is 0 Å². The van der Waals surface area contributed by atoms with Crippen LogP contribution in [0.15, 0.2) is 0 Å². The van der Waals surface area contributed by atoms with Crippen LogP contribution in [0.4, 0.5) is 0 Å². The first kappa shape index (κ1) is 13.3. The third kappa shape index (κ3) is 2.67. The second-order valence-corrected chi connectivity index (χ2v) is 6.07. The molecule has 3 nitrogen and oxygen atoms in total. The number of piperazine rings is 1. The molecule has 100 valence electrons. The van der Waals surface area contributed by atoms with Crippen molar-refractivity contribution in [1.82, 2.24) is 14.7 Å². The summed E-state index contributed by atoms with van der Waals surface area (Å²) in [6, 6.07) is 0.924. The van der Waals surface area contributed by atoms with Crippen molar-refractivity contribution in [3.63, 3.8) is 0 Å². The first-order valence-corrected chi connectivity index (χ1v) is 7.28. The van der Waals surface area contributed by atoms with E-state index in [1.54, 1.807) is 0 Å². The van der Waals surface area contributed by atoms with Gasteiger partial charge in [-0.15, -0.1) is 0 Å². The Labute approximate surface area is 107 Å². The molecule has 2 saturated heterocycles. The molecule has 0 bridgehead atoms. The van der Waals surface area contributed by atoms with Crippen LogP contribution in [-0.2, 0) is 0 Å². The summed E-state index contributed by atoms with van der Waals surface area (Å²) in [5.41, 5.74) is 0.753. The highest BCUT2D eigenvalue weighted by atomic mass is 15.3. The Kier molecular flexibility index (Phi) is 4.11. The monoisotopic (exact) mass is 239 g/mol. The lowest BCUT2D eigenvalue weighted by atomic mass is 9.60. The number of likely N-dealkylation sites (tertiary alicyclic amines) is 1. The number of nitrogens with zero attached hydrogens (tertiary/aromatic N) is 3. The molecule has 0 aromatic carbocycles. The van der Waals surface area contributed by atoms with Crippen LogP contribution in [0.3, 0.4) is 0 Å². The molecule has 0 aromatic heterocycles. The van der Waals surface area contributed by atoms with Gasteiger partial charge in [0.1, 0.15) is 0 Å². The van der Waals surface area contributed by atoms with E-state index in [0.717, 1.165) is 11.5 Å². The van der Waals surface area contributed by atoms with E-state index in [1.165, 1.54) is 52.1 Å². The summed E-state index contributed by atoms with van der Waals surface area (Å²) in [6.45, 7) is 11.8. The lowest BCUT2D eigenvalue weighted by molar-refractivity contribution is -0.104. The summed E-state index contributed by atoms with van der Waals surface area (Å²) < 4.78 is 0. The van der Waals surface area contributed by atoms with Crippen molar-refractivity contribution in [2.75, 3.05) is 53.4 Å². The molecule has 1 saturated carbocycles. The lowest BCUT2D eigenvalue weighted by Gasteiger charge is -2.61. The van der Waals surface area contributed by atoms with E-state index in [0.29, 0.717) is 0 Å². The third-order valence-electron chi connectivity index (χ3n) is 4.60. The van der Waals surface area contributed by atoms with Crippen LogP contribution in [0, 0.1) is 5.41 Å². The SMILES string of the molecule is CC.CN1CCN(C2CC3(C2)CN(C)C3)CC1. The minimum absolute atomic E-state index is 0.753. The van der Waals surface area contributed by atoms with Crippen molar-refractivity contribution in [2.45, 2.75) is 32.7 Å². The zero-order valence-electron chi connectivity index (χ0n) is 12.1. The second kappa shape index (κ2) is 5.25. The fourth-order valence-corrected chi connectivity index (χ4v) is 3.74. The molecule has 3 heteroatoms. The molecule has 3 rings (SSSR count). The molecule has 0 radical (unpaired) electrons. The van der Waals surface area contributed by atoms with Gasteiger partial charge in [0.2, 0.25) is 0 Å². The van der Waals surface area contributed by atoms with Gasteiger partial charge in [-0.05, 0) is 32.4 Å². The molecule has 0 amide bonds. The van der Waals surface area contributed by atoms with Gasteiger partial charge in [-0.2, -0.15) is 0 Å². The third-order valence-corrected chi connectivity index (χ3v) is 4.60. The van der Waals surface area contributed by atoms with Gasteiger partial charge in [-0.3, -0.25) is 4.90 Å². The van der Waals surface area contributed by atoms with Crippen LogP contribution in [0.1, 0.15) is 26.7 Å². The highest BCUT2D eigenvalue weighted by Crippen LogP contribution is 2.49. The lowest BCUT2D eigenvalue weighted by Crippen LogP contribution is -2.66. The molecule has 0 aromatic rings. The van der Waals surface area contributed by atoms with E-state index in [-0.39, 0.29) is 0 Å². The molecule has 2 heterocycles. The average Bonchev–Trinajstić information content (AvgIpc) is 2.26. The predicted octanol–water partition coefficient (Wildman–Crippen LogP) is 1.35. The Morgan fingerprint density at radius 1 is 0.824 bits per heavy atom. The maximum absolute atomic E-state index is 2.73. The second-order valence-electron chi connectivity index (χ2n) is 6.07. The van der Waals surface area contributed by atoms with Gasteiger partial charge in [0.25, 0.3) is 0 Å². The van der Waals surface area contributed by atoms with Crippen molar-refractivity contribution in [1.29, 1.82) is 0 Å². The highest BCUT2D eigenvalue weighted by molar-refractivity contribution is 5.07. The van der Waals surface area contributed by atoms with Crippen LogP contribution < -0.4 is 0 Å². The van der Waals surface area contributed by atoms with Gasteiger partial charge in [-0.1, -0.05) is 13.8 Å². The zero-order chi connectivity index (χ0) is 12.5. The Morgan fingerprint density at radius 3 is 1.82 bits per heavy atom. The Bertz CT molecular complexity index is 232. The number of hydrogen-bond acceptors (Lipinski definition) is 3. The average molecular weight is 239 g/mol. The fourth-order valence-electron chi connectivity index (χ4n) is 3.74. The van der Waals surface area contributed by atoms with Crippen LogP contribution in [-0.4, -0.2) is 74.1 Å². The van der Waals surface area contributed by atoms with E-state index in [2.05, 4.69) is 28.8 Å². The van der Waals surface area contributed by atoms with Crippen LogP contribution in [0.5, 0.6) is 0 Å². The number of rotatable bonds is 1. The van der Waals surface area contributed by atoms with E-state index in [4.69, 9.17) is 0 Å². The van der Waals surface area contributed by atoms with E-state index >= 15 is 0 Å². The summed E-state index contributed by atoms with van der Waals surface area (Å²) in [5.74, 6) is 0. The first-order valence-electron chi connectivity index (χ1n) is 7.28. The molecule has 1 spiro atoms. The van der Waals surface area contributed by atoms with Gasteiger partial charge < -0.3 is 9.80 Å². The smallest absolute Gasteiger partial charge is 0.0113 e. The summed E-state index contributed by atoms with van der Waals surface area (Å²) in [6.07, 6.45) is 2.95. The molecule has 0 N–H and O–H groups in total. The Morgan fingerprint density at radius 2 is 1.35 bits per heavy atom. The molecular formula is C14H29N3. The van der Waals surface area contributed by atoms with Crippen LogP contribution in [0.2, 0.25) is 0 Å². The minimum Gasteiger partial charge on any atom is -0.305 e. The van der Waals surface area contributed by atoms with Crippen molar-refractivity contribution < 1.29 is 0 Å². The van der Waals surface area contributed by atoms with Crippen molar-refractivity contribution in [3.05, 3.63) is 0 Å². The largest absolute Gasteiger partial charge is 0.305 e. The normalized spacial score (nSPS) is 30.4. The Hall–Kier alpha value is -0.120. The maximum Gasteiger partial charge on any atom is 0.0113 e. The fraction of sp³-hybridized carbons (Fsp3) is 1.00. The summed E-state index contributed by atoms with van der Waals surface area (Å²) in [7, 11) is 4.48. The standard InChI is InChI=1S/C12H23N3.C2H6/c1-13-3-5-15(6-4-13)11-7-12(8-11)9-14(2)10-12;1-2/h11H,3-10H2,1-2H3;1-2H3. The molecule has 0 atom stereocenters. The molecule has 1 aliphatic carbocycles. The van der Waals surface area contributed by atoms with E-state index < -0.39 is 0 Å². The molecule has 17 heavy (non-hydrogen) atoms. The summed E-state index contributed by atoms with van der Waals surface area (Å²) in [4.78, 5) is 7.63. The van der Waals surface area contributed by atoms with Gasteiger partial charge in [0.15, 0.2) is 0 Å².